The van der Waals surface area contributed by atoms with Gasteiger partial charge < -0.3 is 29.2 Å². The largest absolute Gasteiger partial charge is 0.611 e. The van der Waals surface area contributed by atoms with Gasteiger partial charge in [0.15, 0.2) is 22.3 Å². The Hall–Kier alpha value is -4.24. The van der Waals surface area contributed by atoms with Gasteiger partial charge in [0.25, 0.3) is 0 Å². The van der Waals surface area contributed by atoms with Crippen molar-refractivity contribution in [1.82, 2.24) is 14.9 Å². The van der Waals surface area contributed by atoms with E-state index in [9.17, 15) is 28.8 Å². The second kappa shape index (κ2) is 11.7. The summed E-state index contributed by atoms with van der Waals surface area (Å²) in [5.74, 6) is -3.13. The van der Waals surface area contributed by atoms with Crippen molar-refractivity contribution < 1.29 is 37.6 Å². The maximum atomic E-state index is 15.3. The lowest BCUT2D eigenvalue weighted by Crippen LogP contribution is -2.40. The Morgan fingerprint density at radius 3 is 2.50 bits per heavy atom. The number of carboxylic acid groups (broad SMARTS) is 1. The quantitative estimate of drug-likeness (QED) is 0.358. The Labute approximate surface area is 252 Å². The molecule has 1 aromatic carbocycles. The van der Waals surface area contributed by atoms with E-state index in [2.05, 4.69) is 10.3 Å². The standard InChI is InChI=1S/C29H29F2N5O7S/c1-15(37)32-12-18-13-36(29(41)43-18)17-4-5-24(22(30)10-17)44(42)19-6-8-34(9-7-19)27-23(31)11-20-25(38)21(28(39)40)14-35(16-2-3-16)26(20)33-27/h4-5,10-11,14,16,18-19H,2-3,6-9,12-13H2,1H3,(H,32,37)(H,39,40)/t18-,44?/m0/s1. The average molecular weight is 630 g/mol. The molecule has 1 unspecified atom stereocenters. The molecule has 3 fully saturated rings. The molecule has 0 radical (unpaired) electrons. The van der Waals surface area contributed by atoms with Gasteiger partial charge in [-0.15, -0.1) is 0 Å². The number of fused-ring (bicyclic) bond motifs is 1. The van der Waals surface area contributed by atoms with Crippen molar-refractivity contribution in [2.45, 2.75) is 54.9 Å². The fourth-order valence-electron chi connectivity index (χ4n) is 5.62. The molecule has 2 N–H and O–H groups in total. The van der Waals surface area contributed by atoms with E-state index in [0.717, 1.165) is 25.0 Å². The second-order valence-electron chi connectivity index (χ2n) is 11.1. The van der Waals surface area contributed by atoms with Crippen LogP contribution >= 0.6 is 0 Å². The summed E-state index contributed by atoms with van der Waals surface area (Å²) in [6.45, 7) is 2.16. The van der Waals surface area contributed by atoms with Gasteiger partial charge in [0.2, 0.25) is 11.3 Å². The number of nitrogens with one attached hydrogen (secondary N) is 1. The number of aromatic nitrogens is 2. The number of halogens is 2. The third kappa shape index (κ3) is 5.68. The van der Waals surface area contributed by atoms with Crippen molar-refractivity contribution >= 4 is 51.7 Å². The molecule has 3 aromatic rings. The zero-order valence-electron chi connectivity index (χ0n) is 23.6. The summed E-state index contributed by atoms with van der Waals surface area (Å²) < 4.78 is 50.7. The monoisotopic (exact) mass is 629 g/mol. The molecule has 15 heteroatoms. The summed E-state index contributed by atoms with van der Waals surface area (Å²) in [6, 6.07) is 5.03. The molecule has 2 aliphatic heterocycles. The lowest BCUT2D eigenvalue weighted by atomic mass is 10.1. The normalized spacial score (nSPS) is 19.7. The first-order valence-electron chi connectivity index (χ1n) is 14.2. The molecule has 2 atom stereocenters. The van der Waals surface area contributed by atoms with Gasteiger partial charge in [-0.3, -0.25) is 14.5 Å². The predicted molar refractivity (Wildman–Crippen MR) is 156 cm³/mol. The molecular formula is C29H29F2N5O7S. The lowest BCUT2D eigenvalue weighted by Gasteiger charge is -2.33. The fourth-order valence-corrected chi connectivity index (χ4v) is 7.07. The first kappa shape index (κ1) is 29.8. The van der Waals surface area contributed by atoms with Crippen molar-refractivity contribution in [2.24, 2.45) is 0 Å². The number of benzene rings is 1. The minimum atomic E-state index is -1.73. The number of rotatable bonds is 8. The van der Waals surface area contributed by atoms with E-state index in [1.165, 1.54) is 30.2 Å². The fraction of sp³-hybridized carbons (Fsp3) is 0.414. The van der Waals surface area contributed by atoms with E-state index in [1.807, 2.05) is 0 Å². The zero-order chi connectivity index (χ0) is 31.3. The average Bonchev–Trinajstić information content (AvgIpc) is 3.77. The van der Waals surface area contributed by atoms with Crippen molar-refractivity contribution in [3.05, 3.63) is 57.9 Å². The van der Waals surface area contributed by atoms with Crippen molar-refractivity contribution in [3.8, 4) is 0 Å². The summed E-state index contributed by atoms with van der Waals surface area (Å²) in [6.07, 6.45) is 2.30. The van der Waals surface area contributed by atoms with E-state index >= 15 is 8.78 Å². The first-order chi connectivity index (χ1) is 21.0. The Balaban J connectivity index is 1.15. The number of ether oxygens (including phenoxy) is 1. The molecule has 4 heterocycles. The smallest absolute Gasteiger partial charge is 0.414 e. The maximum absolute atomic E-state index is 15.3. The highest BCUT2D eigenvalue weighted by Gasteiger charge is 2.36. The van der Waals surface area contributed by atoms with Crippen LogP contribution in [0.5, 0.6) is 0 Å². The van der Waals surface area contributed by atoms with E-state index in [-0.39, 0.29) is 65.6 Å². The molecule has 232 valence electrons. The van der Waals surface area contributed by atoms with Gasteiger partial charge in [-0.1, -0.05) is 0 Å². The molecule has 0 spiro atoms. The molecule has 1 saturated carbocycles. The number of carboxylic acids is 1. The molecule has 3 aliphatic rings. The van der Waals surface area contributed by atoms with Gasteiger partial charge in [-0.2, -0.15) is 0 Å². The van der Waals surface area contributed by atoms with Gasteiger partial charge >= 0.3 is 12.1 Å². The first-order valence-corrected chi connectivity index (χ1v) is 15.4. The van der Waals surface area contributed by atoms with E-state index < -0.39 is 57.2 Å². The molecule has 2 aromatic heterocycles. The number of anilines is 2. The summed E-state index contributed by atoms with van der Waals surface area (Å²) in [5, 5.41) is 11.5. The molecule has 6 rings (SSSR count). The second-order valence-corrected chi connectivity index (χ2v) is 12.8. The van der Waals surface area contributed by atoms with E-state index in [1.54, 1.807) is 9.47 Å². The van der Waals surface area contributed by atoms with Crippen LogP contribution in [0.3, 0.4) is 0 Å². The minimum Gasteiger partial charge on any atom is -0.611 e. The topological polar surface area (TPSA) is 157 Å². The number of carbonyl (C=O) groups excluding carboxylic acids is 2. The Kier molecular flexibility index (Phi) is 7.92. The predicted octanol–water partition coefficient (Wildman–Crippen LogP) is 2.95. The van der Waals surface area contributed by atoms with Gasteiger partial charge in [-0.25, -0.2) is 23.4 Å². The molecule has 2 amide bonds. The van der Waals surface area contributed by atoms with Crippen LogP contribution in [0.2, 0.25) is 0 Å². The van der Waals surface area contributed by atoms with Crippen LogP contribution in [0.25, 0.3) is 11.0 Å². The number of carbonyl (C=O) groups is 3. The van der Waals surface area contributed by atoms with Gasteiger partial charge in [-0.05, 0) is 42.2 Å². The number of piperidine rings is 1. The number of hydrogen-bond acceptors (Lipinski definition) is 8. The molecule has 2 saturated heterocycles. The van der Waals surface area contributed by atoms with Crippen molar-refractivity contribution in [2.75, 3.05) is 36.0 Å². The Morgan fingerprint density at radius 1 is 1.14 bits per heavy atom. The van der Waals surface area contributed by atoms with Crippen molar-refractivity contribution in [1.29, 1.82) is 0 Å². The molecule has 44 heavy (non-hydrogen) atoms. The summed E-state index contributed by atoms with van der Waals surface area (Å²) >= 11 is -1.73. The summed E-state index contributed by atoms with van der Waals surface area (Å²) in [7, 11) is 0. The van der Waals surface area contributed by atoms with Crippen LogP contribution in [0.15, 0.2) is 40.2 Å². The highest BCUT2D eigenvalue weighted by atomic mass is 32.2. The lowest BCUT2D eigenvalue weighted by molar-refractivity contribution is -0.119. The molecule has 0 bridgehead atoms. The molecular weight excluding hydrogens is 600 g/mol. The third-order valence-corrected chi connectivity index (χ3v) is 9.89. The SMILES string of the molecule is CC(=O)NC[C@H]1CN(c2ccc([S+]([O-])C3CCN(c4nc5c(cc4F)c(=O)c(C(=O)O)cn5C4CC4)CC3)c(F)c2)C(=O)O1. The van der Waals surface area contributed by atoms with Gasteiger partial charge in [0, 0.05) is 51.2 Å². The van der Waals surface area contributed by atoms with Crippen LogP contribution in [0.4, 0.5) is 25.1 Å². The van der Waals surface area contributed by atoms with E-state index in [0.29, 0.717) is 12.8 Å². The summed E-state index contributed by atoms with van der Waals surface area (Å²) in [5.41, 5.74) is -0.772. The highest BCUT2D eigenvalue weighted by Crippen LogP contribution is 2.38. The molecule has 1 aliphatic carbocycles. The number of hydrogen-bond donors (Lipinski definition) is 2. The van der Waals surface area contributed by atoms with Crippen LogP contribution in [0, 0.1) is 11.6 Å². The maximum Gasteiger partial charge on any atom is 0.414 e. The third-order valence-electron chi connectivity index (χ3n) is 8.05. The highest BCUT2D eigenvalue weighted by molar-refractivity contribution is 7.92. The Bertz CT molecular complexity index is 1720. The van der Waals surface area contributed by atoms with Crippen LogP contribution in [0.1, 0.15) is 49.0 Å². The minimum absolute atomic E-state index is 0.00717. The number of aromatic carboxylic acids is 1. The van der Waals surface area contributed by atoms with E-state index in [4.69, 9.17) is 4.74 Å². The number of nitrogens with zero attached hydrogens (tertiary/aromatic N) is 4. The van der Waals surface area contributed by atoms with Crippen LogP contribution in [-0.4, -0.2) is 74.7 Å². The number of cyclic esters (lactones) is 1. The number of amides is 2. The summed E-state index contributed by atoms with van der Waals surface area (Å²) in [4.78, 5) is 55.2. The Morgan fingerprint density at radius 2 is 1.86 bits per heavy atom. The van der Waals surface area contributed by atoms with Crippen LogP contribution < -0.4 is 20.5 Å². The number of pyridine rings is 2. The van der Waals surface area contributed by atoms with Crippen LogP contribution in [-0.2, 0) is 20.7 Å². The van der Waals surface area contributed by atoms with Gasteiger partial charge in [0.05, 0.1) is 24.2 Å². The zero-order valence-corrected chi connectivity index (χ0v) is 24.4. The molecule has 12 nitrogen and oxygen atoms in total. The van der Waals surface area contributed by atoms with Crippen molar-refractivity contribution in [3.63, 3.8) is 0 Å². The van der Waals surface area contributed by atoms with Gasteiger partial charge in [0.1, 0.15) is 22.6 Å².